The Labute approximate surface area is 162 Å². The molecular weight excluding hydrogens is 358 g/mol. The van der Waals surface area contributed by atoms with Crippen molar-refractivity contribution in [3.05, 3.63) is 30.1 Å². The fraction of sp³-hybridized carbons (Fsp3) is 0.526. The molecule has 5 rings (SSSR count). The Hall–Kier alpha value is -2.97. The molecule has 0 saturated carbocycles. The van der Waals surface area contributed by atoms with Crippen molar-refractivity contribution in [3.63, 3.8) is 0 Å². The lowest BCUT2D eigenvalue weighted by Gasteiger charge is -2.25. The molecule has 2 aliphatic heterocycles. The molecule has 1 aromatic carbocycles. The smallest absolute Gasteiger partial charge is 0.298 e. The Kier molecular flexibility index (Phi) is 4.42. The van der Waals surface area contributed by atoms with E-state index in [1.54, 1.807) is 4.68 Å². The Morgan fingerprint density at radius 1 is 1.04 bits per heavy atom. The summed E-state index contributed by atoms with van der Waals surface area (Å²) in [5, 5.41) is 12.0. The van der Waals surface area contributed by atoms with Gasteiger partial charge >= 0.3 is 0 Å². The minimum Gasteiger partial charge on any atom is -0.423 e. The number of tetrazole rings is 1. The zero-order valence-electron chi connectivity index (χ0n) is 15.7. The lowest BCUT2D eigenvalue weighted by atomic mass is 10.0. The molecule has 0 N–H and O–H groups in total. The van der Waals surface area contributed by atoms with Crippen molar-refractivity contribution in [2.24, 2.45) is 0 Å². The fourth-order valence-electron chi connectivity index (χ4n) is 4.14. The second-order valence-electron chi connectivity index (χ2n) is 7.44. The van der Waals surface area contributed by atoms with Gasteiger partial charge in [-0.1, -0.05) is 18.6 Å². The number of benzene rings is 1. The van der Waals surface area contributed by atoms with E-state index in [0.717, 1.165) is 56.4 Å². The average Bonchev–Trinajstić information content (AvgIpc) is 3.21. The van der Waals surface area contributed by atoms with Crippen LogP contribution in [0.5, 0.6) is 0 Å². The average molecular weight is 381 g/mol. The first-order valence-electron chi connectivity index (χ1n) is 9.95. The first-order chi connectivity index (χ1) is 13.8. The number of para-hydroxylation sites is 2. The van der Waals surface area contributed by atoms with Crippen LogP contribution in [-0.2, 0) is 11.3 Å². The number of nitrogens with zero attached hydrogens (tertiary/aromatic N) is 7. The molecule has 0 spiro atoms. The van der Waals surface area contributed by atoms with E-state index in [9.17, 15) is 4.79 Å². The summed E-state index contributed by atoms with van der Waals surface area (Å²) in [7, 11) is 0. The number of aryl methyl sites for hydroxylation is 1. The molecule has 3 aromatic rings. The van der Waals surface area contributed by atoms with Crippen LogP contribution in [0.25, 0.3) is 11.1 Å². The maximum absolute atomic E-state index is 13.3. The quantitative estimate of drug-likeness (QED) is 0.668. The van der Waals surface area contributed by atoms with E-state index in [1.807, 2.05) is 29.2 Å². The normalized spacial score (nSPS) is 20.6. The first kappa shape index (κ1) is 17.2. The van der Waals surface area contributed by atoms with Gasteiger partial charge < -0.3 is 14.2 Å². The molecule has 9 nitrogen and oxygen atoms in total. The lowest BCUT2D eigenvalue weighted by molar-refractivity contribution is -0.133. The van der Waals surface area contributed by atoms with Gasteiger partial charge in [0.25, 0.3) is 6.01 Å². The molecule has 0 radical (unpaired) electrons. The summed E-state index contributed by atoms with van der Waals surface area (Å²) < 4.78 is 7.70. The summed E-state index contributed by atoms with van der Waals surface area (Å²) in [6, 6.07) is 8.41. The molecule has 1 atom stereocenters. The van der Waals surface area contributed by atoms with Crippen LogP contribution < -0.4 is 4.90 Å². The van der Waals surface area contributed by atoms with E-state index in [2.05, 4.69) is 25.4 Å². The SMILES string of the molecule is O=C(C1CCCCn2nnnc21)N1CCCN(c2nc3ccccc3o2)CC1. The Balaban J connectivity index is 1.31. The second-order valence-corrected chi connectivity index (χ2v) is 7.44. The monoisotopic (exact) mass is 381 g/mol. The van der Waals surface area contributed by atoms with Crippen molar-refractivity contribution in [3.8, 4) is 0 Å². The van der Waals surface area contributed by atoms with Gasteiger partial charge in [0.1, 0.15) is 5.52 Å². The van der Waals surface area contributed by atoms with Crippen molar-refractivity contribution >= 4 is 23.0 Å². The van der Waals surface area contributed by atoms with Gasteiger partial charge in [0, 0.05) is 32.7 Å². The molecule has 0 aliphatic carbocycles. The third-order valence-electron chi connectivity index (χ3n) is 5.64. The van der Waals surface area contributed by atoms with Crippen LogP contribution in [0.1, 0.15) is 37.4 Å². The number of carbonyl (C=O) groups excluding carboxylic acids is 1. The molecular formula is C19H23N7O2. The molecule has 2 aromatic heterocycles. The highest BCUT2D eigenvalue weighted by Gasteiger charge is 2.33. The Bertz CT molecular complexity index is 948. The van der Waals surface area contributed by atoms with Gasteiger partial charge in [0.2, 0.25) is 5.91 Å². The predicted octanol–water partition coefficient (Wildman–Crippen LogP) is 1.82. The maximum Gasteiger partial charge on any atom is 0.298 e. The molecule has 146 valence electrons. The molecule has 4 heterocycles. The third kappa shape index (κ3) is 3.10. The molecule has 1 fully saturated rings. The molecule has 1 saturated heterocycles. The van der Waals surface area contributed by atoms with Gasteiger partial charge in [0.15, 0.2) is 11.4 Å². The number of amides is 1. The maximum atomic E-state index is 13.3. The van der Waals surface area contributed by atoms with Gasteiger partial charge in [-0.25, -0.2) is 4.68 Å². The topological polar surface area (TPSA) is 93.2 Å². The van der Waals surface area contributed by atoms with Gasteiger partial charge in [-0.05, 0) is 41.8 Å². The van der Waals surface area contributed by atoms with Crippen LogP contribution in [-0.4, -0.2) is 62.2 Å². The van der Waals surface area contributed by atoms with Crippen molar-refractivity contribution in [1.29, 1.82) is 0 Å². The Morgan fingerprint density at radius 3 is 2.89 bits per heavy atom. The number of fused-ring (bicyclic) bond motifs is 2. The highest BCUT2D eigenvalue weighted by Crippen LogP contribution is 2.27. The van der Waals surface area contributed by atoms with Gasteiger partial charge in [-0.2, -0.15) is 4.98 Å². The summed E-state index contributed by atoms with van der Waals surface area (Å²) in [5.41, 5.74) is 1.65. The van der Waals surface area contributed by atoms with Crippen LogP contribution in [0.4, 0.5) is 6.01 Å². The summed E-state index contributed by atoms with van der Waals surface area (Å²) in [6.45, 7) is 3.69. The summed E-state index contributed by atoms with van der Waals surface area (Å²) in [4.78, 5) is 21.9. The van der Waals surface area contributed by atoms with Crippen molar-refractivity contribution in [1.82, 2.24) is 30.1 Å². The van der Waals surface area contributed by atoms with Gasteiger partial charge in [-0.3, -0.25) is 4.79 Å². The number of hydrogen-bond donors (Lipinski definition) is 0. The second kappa shape index (κ2) is 7.21. The number of rotatable bonds is 2. The summed E-state index contributed by atoms with van der Waals surface area (Å²) >= 11 is 0. The van der Waals surface area contributed by atoms with E-state index in [4.69, 9.17) is 4.42 Å². The van der Waals surface area contributed by atoms with Gasteiger partial charge in [0.05, 0.1) is 5.92 Å². The van der Waals surface area contributed by atoms with Crippen molar-refractivity contribution < 1.29 is 9.21 Å². The first-order valence-corrected chi connectivity index (χ1v) is 9.95. The minimum atomic E-state index is -0.242. The predicted molar refractivity (Wildman–Crippen MR) is 102 cm³/mol. The minimum absolute atomic E-state index is 0.136. The van der Waals surface area contributed by atoms with Crippen LogP contribution in [0.2, 0.25) is 0 Å². The van der Waals surface area contributed by atoms with Gasteiger partial charge in [-0.15, -0.1) is 5.10 Å². The van der Waals surface area contributed by atoms with E-state index in [-0.39, 0.29) is 11.8 Å². The van der Waals surface area contributed by atoms with Crippen molar-refractivity contribution in [2.75, 3.05) is 31.1 Å². The Morgan fingerprint density at radius 2 is 1.96 bits per heavy atom. The largest absolute Gasteiger partial charge is 0.423 e. The standard InChI is InChI=1S/C19H23N7O2/c27-18(14-6-3-4-11-26-17(14)21-22-23-26)24-9-5-10-25(13-12-24)19-20-15-7-1-2-8-16(15)28-19/h1-2,7-8,14H,3-6,9-13H2. The van der Waals surface area contributed by atoms with Crippen molar-refractivity contribution in [2.45, 2.75) is 38.1 Å². The summed E-state index contributed by atoms with van der Waals surface area (Å²) in [5.74, 6) is 0.605. The molecule has 2 aliphatic rings. The molecule has 0 bridgehead atoms. The van der Waals surface area contributed by atoms with Crippen LogP contribution in [0, 0.1) is 0 Å². The number of oxazole rings is 1. The number of hydrogen-bond acceptors (Lipinski definition) is 7. The third-order valence-corrected chi connectivity index (χ3v) is 5.64. The zero-order chi connectivity index (χ0) is 18.9. The molecule has 28 heavy (non-hydrogen) atoms. The molecule has 1 amide bonds. The summed E-state index contributed by atoms with van der Waals surface area (Å²) in [6.07, 6.45) is 3.70. The lowest BCUT2D eigenvalue weighted by Crippen LogP contribution is -2.38. The molecule has 9 heteroatoms. The van der Waals surface area contributed by atoms with E-state index < -0.39 is 0 Å². The van der Waals surface area contributed by atoms with Crippen LogP contribution in [0.15, 0.2) is 28.7 Å². The molecule has 1 unspecified atom stereocenters. The number of anilines is 1. The highest BCUT2D eigenvalue weighted by molar-refractivity contribution is 5.83. The van der Waals surface area contributed by atoms with Crippen LogP contribution in [0.3, 0.4) is 0 Å². The van der Waals surface area contributed by atoms with Crippen LogP contribution >= 0.6 is 0 Å². The number of carbonyl (C=O) groups is 1. The highest BCUT2D eigenvalue weighted by atomic mass is 16.4. The number of aromatic nitrogens is 5. The van der Waals surface area contributed by atoms with E-state index in [1.165, 1.54) is 0 Å². The van der Waals surface area contributed by atoms with E-state index in [0.29, 0.717) is 24.9 Å². The fourth-order valence-corrected chi connectivity index (χ4v) is 4.14. The zero-order valence-corrected chi connectivity index (χ0v) is 15.7. The van der Waals surface area contributed by atoms with E-state index >= 15 is 0 Å².